The Morgan fingerprint density at radius 2 is 2.32 bits per heavy atom. The molecule has 0 saturated heterocycles. The maximum atomic E-state index is 6.30. The van der Waals surface area contributed by atoms with Crippen LogP contribution in [0, 0.1) is 0 Å². The van der Waals surface area contributed by atoms with Gasteiger partial charge in [0.2, 0.25) is 0 Å². The normalized spacial score (nSPS) is 15.1. The van der Waals surface area contributed by atoms with Crippen LogP contribution in [0.25, 0.3) is 0 Å². The van der Waals surface area contributed by atoms with E-state index in [0.717, 1.165) is 45.1 Å². The Labute approximate surface area is 129 Å². The molecule has 0 spiro atoms. The average Bonchev–Trinajstić information content (AvgIpc) is 2.97. The monoisotopic (exact) mass is 357 g/mol. The van der Waals surface area contributed by atoms with Gasteiger partial charge in [-0.2, -0.15) is 0 Å². The summed E-state index contributed by atoms with van der Waals surface area (Å²) in [5, 5.41) is 2.80. The fraction of sp³-hybridized carbons (Fsp3) is 0.286. The molecule has 0 amide bonds. The van der Waals surface area contributed by atoms with Gasteiger partial charge >= 0.3 is 0 Å². The first-order chi connectivity index (χ1) is 9.15. The summed E-state index contributed by atoms with van der Waals surface area (Å²) in [6.45, 7) is 0.737. The molecule has 2 aromatic rings. The van der Waals surface area contributed by atoms with Gasteiger partial charge < -0.3 is 10.5 Å². The summed E-state index contributed by atoms with van der Waals surface area (Å²) < 4.78 is 6.78. The fourth-order valence-electron chi connectivity index (χ4n) is 2.40. The molecular formula is C14H13BrClNOS. The van der Waals surface area contributed by atoms with E-state index in [2.05, 4.69) is 15.9 Å². The molecule has 1 aliphatic rings. The number of fused-ring (bicyclic) bond motifs is 1. The Balaban J connectivity index is 1.90. The highest BCUT2D eigenvalue weighted by Gasteiger charge is 2.20. The van der Waals surface area contributed by atoms with Crippen molar-refractivity contribution in [3.05, 3.63) is 49.1 Å². The summed E-state index contributed by atoms with van der Waals surface area (Å²) in [5.74, 6) is 0.979. The van der Waals surface area contributed by atoms with Crippen molar-refractivity contribution in [1.82, 2.24) is 0 Å². The highest BCUT2D eigenvalue weighted by molar-refractivity contribution is 9.10. The minimum atomic E-state index is -0.0406. The lowest BCUT2D eigenvalue weighted by Crippen LogP contribution is -2.13. The molecule has 19 heavy (non-hydrogen) atoms. The van der Waals surface area contributed by atoms with Gasteiger partial charge in [0, 0.05) is 26.8 Å². The zero-order valence-electron chi connectivity index (χ0n) is 10.2. The summed E-state index contributed by atoms with van der Waals surface area (Å²) in [5.41, 5.74) is 8.60. The minimum Gasteiger partial charge on any atom is -0.493 e. The molecule has 0 aliphatic carbocycles. The SMILES string of the molecule is NC(Cc1cc(Cl)cc2c1OCC2)c1sccc1Br. The van der Waals surface area contributed by atoms with Crippen molar-refractivity contribution in [2.75, 3.05) is 6.61 Å². The molecule has 5 heteroatoms. The third kappa shape index (κ3) is 2.68. The van der Waals surface area contributed by atoms with E-state index in [1.807, 2.05) is 23.6 Å². The number of ether oxygens (including phenoxy) is 1. The highest BCUT2D eigenvalue weighted by Crippen LogP contribution is 2.36. The van der Waals surface area contributed by atoms with E-state index in [1.165, 1.54) is 5.56 Å². The van der Waals surface area contributed by atoms with E-state index >= 15 is 0 Å². The van der Waals surface area contributed by atoms with Crippen molar-refractivity contribution in [3.63, 3.8) is 0 Å². The first-order valence-electron chi connectivity index (χ1n) is 6.07. The van der Waals surface area contributed by atoms with Gasteiger partial charge in [0.25, 0.3) is 0 Å². The molecular weight excluding hydrogens is 346 g/mol. The number of benzene rings is 1. The van der Waals surface area contributed by atoms with Crippen molar-refractivity contribution < 1.29 is 4.74 Å². The third-order valence-corrected chi connectivity index (χ3v) is 5.47. The van der Waals surface area contributed by atoms with Gasteiger partial charge in [0.15, 0.2) is 0 Å². The van der Waals surface area contributed by atoms with Crippen LogP contribution in [0.2, 0.25) is 5.02 Å². The summed E-state index contributed by atoms with van der Waals surface area (Å²) in [4.78, 5) is 1.16. The van der Waals surface area contributed by atoms with E-state index < -0.39 is 0 Å². The van der Waals surface area contributed by atoms with Crippen molar-refractivity contribution in [2.24, 2.45) is 5.73 Å². The van der Waals surface area contributed by atoms with E-state index in [-0.39, 0.29) is 6.04 Å². The van der Waals surface area contributed by atoms with Crippen LogP contribution in [0.15, 0.2) is 28.1 Å². The topological polar surface area (TPSA) is 35.2 Å². The lowest BCUT2D eigenvalue weighted by atomic mass is 10.0. The summed E-state index contributed by atoms with van der Waals surface area (Å²) in [6.07, 6.45) is 1.67. The fourth-order valence-corrected chi connectivity index (χ4v) is 4.33. The second-order valence-corrected chi connectivity index (χ2v) is 6.83. The molecule has 2 nitrogen and oxygen atoms in total. The average molecular weight is 359 g/mol. The van der Waals surface area contributed by atoms with Gasteiger partial charge in [0.1, 0.15) is 5.75 Å². The van der Waals surface area contributed by atoms with Crippen LogP contribution in [-0.4, -0.2) is 6.61 Å². The van der Waals surface area contributed by atoms with Gasteiger partial charge in [0.05, 0.1) is 6.61 Å². The molecule has 0 bridgehead atoms. The molecule has 2 N–H and O–H groups in total. The Hall–Kier alpha value is -0.550. The maximum absolute atomic E-state index is 6.30. The standard InChI is InChI=1S/C14H13BrClNOS/c15-11-2-4-19-14(11)12(17)7-9-6-10(16)5-8-1-3-18-13(8)9/h2,4-6,12H,1,3,7,17H2. The Morgan fingerprint density at radius 1 is 1.47 bits per heavy atom. The summed E-state index contributed by atoms with van der Waals surface area (Å²) in [7, 11) is 0. The lowest BCUT2D eigenvalue weighted by molar-refractivity contribution is 0.352. The van der Waals surface area contributed by atoms with Crippen LogP contribution in [-0.2, 0) is 12.8 Å². The number of halogens is 2. The predicted octanol–water partition coefficient (Wildman–Crippen LogP) is 4.34. The second kappa shape index (κ2) is 5.44. The Kier molecular flexibility index (Phi) is 3.85. The van der Waals surface area contributed by atoms with E-state index in [9.17, 15) is 0 Å². The zero-order valence-corrected chi connectivity index (χ0v) is 13.3. The van der Waals surface area contributed by atoms with Crippen molar-refractivity contribution >= 4 is 38.9 Å². The molecule has 1 atom stereocenters. The molecule has 0 fully saturated rings. The molecule has 1 unspecified atom stereocenters. The molecule has 1 aromatic carbocycles. The van der Waals surface area contributed by atoms with Gasteiger partial charge in [-0.05, 0) is 57.1 Å². The Bertz CT molecular complexity index is 613. The molecule has 2 heterocycles. The number of hydrogen-bond acceptors (Lipinski definition) is 3. The van der Waals surface area contributed by atoms with Gasteiger partial charge in [-0.3, -0.25) is 0 Å². The van der Waals surface area contributed by atoms with Crippen molar-refractivity contribution in [1.29, 1.82) is 0 Å². The maximum Gasteiger partial charge on any atom is 0.125 e. The Morgan fingerprint density at radius 3 is 3.05 bits per heavy atom. The number of rotatable bonds is 3. The number of nitrogens with two attached hydrogens (primary N) is 1. The van der Waals surface area contributed by atoms with Crippen molar-refractivity contribution in [3.8, 4) is 5.75 Å². The van der Waals surface area contributed by atoms with Crippen LogP contribution in [0.4, 0.5) is 0 Å². The van der Waals surface area contributed by atoms with Crippen LogP contribution in [0.5, 0.6) is 5.75 Å². The molecule has 1 aliphatic heterocycles. The van der Waals surface area contributed by atoms with Gasteiger partial charge in [-0.15, -0.1) is 11.3 Å². The molecule has 100 valence electrons. The molecule has 0 saturated carbocycles. The van der Waals surface area contributed by atoms with E-state index in [0.29, 0.717) is 0 Å². The molecule has 0 radical (unpaired) electrons. The summed E-state index contributed by atoms with van der Waals surface area (Å²) >= 11 is 11.4. The van der Waals surface area contributed by atoms with Gasteiger partial charge in [-0.25, -0.2) is 0 Å². The third-order valence-electron chi connectivity index (χ3n) is 3.25. The largest absolute Gasteiger partial charge is 0.493 e. The molecule has 3 rings (SSSR count). The van der Waals surface area contributed by atoms with Crippen molar-refractivity contribution in [2.45, 2.75) is 18.9 Å². The molecule has 1 aromatic heterocycles. The van der Waals surface area contributed by atoms with Crippen LogP contribution in [0.3, 0.4) is 0 Å². The predicted molar refractivity (Wildman–Crippen MR) is 83.3 cm³/mol. The quantitative estimate of drug-likeness (QED) is 0.885. The zero-order chi connectivity index (χ0) is 13.4. The van der Waals surface area contributed by atoms with E-state index in [1.54, 1.807) is 11.3 Å². The smallest absolute Gasteiger partial charge is 0.125 e. The summed E-state index contributed by atoms with van der Waals surface area (Å²) in [6, 6.07) is 5.94. The number of thiophene rings is 1. The first kappa shape index (κ1) is 13.4. The second-order valence-electron chi connectivity index (χ2n) is 4.60. The minimum absolute atomic E-state index is 0.0406. The van der Waals surface area contributed by atoms with Gasteiger partial charge in [-0.1, -0.05) is 11.6 Å². The highest BCUT2D eigenvalue weighted by atomic mass is 79.9. The lowest BCUT2D eigenvalue weighted by Gasteiger charge is -2.14. The number of hydrogen-bond donors (Lipinski definition) is 1. The first-order valence-corrected chi connectivity index (χ1v) is 8.13. The van der Waals surface area contributed by atoms with Crippen LogP contribution >= 0.6 is 38.9 Å². The van der Waals surface area contributed by atoms with Crippen LogP contribution < -0.4 is 10.5 Å². The van der Waals surface area contributed by atoms with E-state index in [4.69, 9.17) is 22.1 Å². The van der Waals surface area contributed by atoms with Crippen LogP contribution in [0.1, 0.15) is 22.0 Å².